The summed E-state index contributed by atoms with van der Waals surface area (Å²) in [6.07, 6.45) is 5.90. The summed E-state index contributed by atoms with van der Waals surface area (Å²) >= 11 is 7.71. The summed E-state index contributed by atoms with van der Waals surface area (Å²) < 4.78 is 0. The summed E-state index contributed by atoms with van der Waals surface area (Å²) in [4.78, 5) is 4.08. The van der Waals surface area contributed by atoms with Crippen LogP contribution in [0.25, 0.3) is 0 Å². The van der Waals surface area contributed by atoms with Gasteiger partial charge in [-0.2, -0.15) is 11.8 Å². The lowest BCUT2D eigenvalue weighted by Gasteiger charge is -2.22. The topological polar surface area (TPSA) is 24.9 Å². The molecule has 1 saturated heterocycles. The van der Waals surface area contributed by atoms with Gasteiger partial charge in [0.2, 0.25) is 0 Å². The van der Waals surface area contributed by atoms with Crippen LogP contribution in [0, 0.1) is 0 Å². The first-order chi connectivity index (χ1) is 7.84. The molecule has 96 valence electrons. The van der Waals surface area contributed by atoms with Crippen LogP contribution in [-0.4, -0.2) is 23.3 Å². The summed E-state index contributed by atoms with van der Waals surface area (Å²) in [5, 5.41) is 4.13. The van der Waals surface area contributed by atoms with E-state index in [4.69, 9.17) is 11.6 Å². The summed E-state index contributed by atoms with van der Waals surface area (Å²) in [6, 6.07) is 4.62. The van der Waals surface area contributed by atoms with Gasteiger partial charge in [-0.3, -0.25) is 0 Å². The third-order valence-corrected chi connectivity index (χ3v) is 4.19. The van der Waals surface area contributed by atoms with Gasteiger partial charge in [-0.25, -0.2) is 4.98 Å². The van der Waals surface area contributed by atoms with Gasteiger partial charge in [0.15, 0.2) is 0 Å². The normalized spacial score (nSPS) is 19.7. The van der Waals surface area contributed by atoms with E-state index in [1.54, 1.807) is 0 Å². The Balaban J connectivity index is 0.00000144. The van der Waals surface area contributed by atoms with E-state index >= 15 is 0 Å². The van der Waals surface area contributed by atoms with E-state index in [9.17, 15) is 0 Å². The van der Waals surface area contributed by atoms with Crippen LogP contribution >= 0.6 is 35.8 Å². The van der Waals surface area contributed by atoms with Gasteiger partial charge in [0.1, 0.15) is 5.15 Å². The number of rotatable bonds is 4. The minimum absolute atomic E-state index is 0. The smallest absolute Gasteiger partial charge is 0.129 e. The van der Waals surface area contributed by atoms with Gasteiger partial charge in [0, 0.05) is 23.7 Å². The summed E-state index contributed by atoms with van der Waals surface area (Å²) in [7, 11) is 0. The number of pyridine rings is 1. The summed E-state index contributed by atoms with van der Waals surface area (Å²) in [5.41, 5.74) is 1.25. The molecule has 17 heavy (non-hydrogen) atoms. The van der Waals surface area contributed by atoms with Crippen LogP contribution in [0.3, 0.4) is 0 Å². The lowest BCUT2D eigenvalue weighted by atomic mass is 10.1. The molecule has 0 aliphatic carbocycles. The maximum Gasteiger partial charge on any atom is 0.129 e. The molecule has 1 atom stereocenters. The van der Waals surface area contributed by atoms with Gasteiger partial charge in [0.25, 0.3) is 0 Å². The Hall–Kier alpha value is 0.0400. The van der Waals surface area contributed by atoms with E-state index in [0.29, 0.717) is 11.2 Å². The molecule has 2 rings (SSSR count). The van der Waals surface area contributed by atoms with Crippen LogP contribution in [0.5, 0.6) is 0 Å². The molecule has 0 saturated carbocycles. The molecule has 0 spiro atoms. The van der Waals surface area contributed by atoms with Crippen molar-refractivity contribution in [2.45, 2.75) is 31.1 Å². The fourth-order valence-electron chi connectivity index (χ4n) is 1.88. The van der Waals surface area contributed by atoms with Gasteiger partial charge in [-0.1, -0.05) is 24.1 Å². The number of aromatic nitrogens is 1. The second kappa shape index (κ2) is 8.20. The van der Waals surface area contributed by atoms with E-state index in [2.05, 4.69) is 16.4 Å². The number of thioether (sulfide) groups is 1. The third kappa shape index (κ3) is 5.47. The van der Waals surface area contributed by atoms with E-state index < -0.39 is 0 Å². The molecule has 2 nitrogen and oxygen atoms in total. The summed E-state index contributed by atoms with van der Waals surface area (Å²) in [6.45, 7) is 1.19. The van der Waals surface area contributed by atoms with Crippen LogP contribution in [0.4, 0.5) is 0 Å². The Labute approximate surface area is 118 Å². The Bertz CT molecular complexity index is 313. The average Bonchev–Trinajstić information content (AvgIpc) is 2.33. The van der Waals surface area contributed by atoms with Gasteiger partial charge in [-0.05, 0) is 31.0 Å². The van der Waals surface area contributed by atoms with Gasteiger partial charge >= 0.3 is 0 Å². The number of hydrogen-bond donors (Lipinski definition) is 1. The zero-order chi connectivity index (χ0) is 11.2. The molecule has 1 aromatic heterocycles. The molecule has 1 aliphatic rings. The highest BCUT2D eigenvalue weighted by molar-refractivity contribution is 7.98. The molecule has 0 aromatic carbocycles. The minimum atomic E-state index is 0. The van der Waals surface area contributed by atoms with Crippen LogP contribution in [0.2, 0.25) is 5.15 Å². The highest BCUT2D eigenvalue weighted by Gasteiger charge is 2.11. The Kier molecular flexibility index (Phi) is 7.28. The van der Waals surface area contributed by atoms with Crippen molar-refractivity contribution >= 4 is 35.8 Å². The monoisotopic (exact) mass is 292 g/mol. The molecular formula is C12H18Cl2N2S. The zero-order valence-electron chi connectivity index (χ0n) is 9.69. The first-order valence-corrected chi connectivity index (χ1v) is 7.29. The van der Waals surface area contributed by atoms with E-state index in [1.165, 1.54) is 37.1 Å². The Morgan fingerprint density at radius 2 is 2.29 bits per heavy atom. The standard InChI is InChI=1S/C12H17ClN2S.ClH/c13-12-5-4-10(7-15-12)8-16-9-11-3-1-2-6-14-11;/h4-5,7,11,14H,1-3,6,8-9H2;1H. The molecule has 1 N–H and O–H groups in total. The molecule has 0 bridgehead atoms. The molecule has 2 heterocycles. The van der Waals surface area contributed by atoms with Crippen molar-refractivity contribution in [2.75, 3.05) is 12.3 Å². The molecule has 0 radical (unpaired) electrons. The first-order valence-electron chi connectivity index (χ1n) is 5.76. The number of piperidine rings is 1. The molecule has 1 unspecified atom stereocenters. The highest BCUT2D eigenvalue weighted by Crippen LogP contribution is 2.17. The molecule has 1 fully saturated rings. The van der Waals surface area contributed by atoms with E-state index in [1.807, 2.05) is 24.0 Å². The Morgan fingerprint density at radius 3 is 2.94 bits per heavy atom. The van der Waals surface area contributed by atoms with Crippen molar-refractivity contribution in [3.05, 3.63) is 29.0 Å². The van der Waals surface area contributed by atoms with Crippen LogP contribution in [0.1, 0.15) is 24.8 Å². The van der Waals surface area contributed by atoms with Crippen molar-refractivity contribution in [1.29, 1.82) is 0 Å². The van der Waals surface area contributed by atoms with Crippen molar-refractivity contribution in [3.8, 4) is 0 Å². The predicted molar refractivity (Wildman–Crippen MR) is 78.3 cm³/mol. The quantitative estimate of drug-likeness (QED) is 0.860. The molecule has 1 aliphatic heterocycles. The lowest BCUT2D eigenvalue weighted by Crippen LogP contribution is -2.35. The summed E-state index contributed by atoms with van der Waals surface area (Å²) in [5.74, 6) is 2.23. The highest BCUT2D eigenvalue weighted by atomic mass is 35.5. The first kappa shape index (κ1) is 15.1. The molecule has 0 amide bonds. The van der Waals surface area contributed by atoms with Gasteiger partial charge in [0.05, 0.1) is 0 Å². The lowest BCUT2D eigenvalue weighted by molar-refractivity contribution is 0.430. The SMILES string of the molecule is Cl.Clc1ccc(CSCC2CCCCN2)cn1. The van der Waals surface area contributed by atoms with Crippen molar-refractivity contribution in [1.82, 2.24) is 10.3 Å². The zero-order valence-corrected chi connectivity index (χ0v) is 12.1. The molecule has 5 heteroatoms. The number of nitrogens with zero attached hydrogens (tertiary/aromatic N) is 1. The number of halogens is 2. The number of hydrogen-bond acceptors (Lipinski definition) is 3. The maximum absolute atomic E-state index is 5.74. The maximum atomic E-state index is 5.74. The minimum Gasteiger partial charge on any atom is -0.313 e. The van der Waals surface area contributed by atoms with Crippen molar-refractivity contribution < 1.29 is 0 Å². The number of nitrogens with one attached hydrogen (secondary N) is 1. The molecule has 1 aromatic rings. The van der Waals surface area contributed by atoms with Crippen LogP contribution in [0.15, 0.2) is 18.3 Å². The Morgan fingerprint density at radius 1 is 1.41 bits per heavy atom. The van der Waals surface area contributed by atoms with Crippen molar-refractivity contribution in [3.63, 3.8) is 0 Å². The largest absolute Gasteiger partial charge is 0.313 e. The third-order valence-electron chi connectivity index (χ3n) is 2.79. The van der Waals surface area contributed by atoms with Crippen LogP contribution in [-0.2, 0) is 5.75 Å². The van der Waals surface area contributed by atoms with E-state index in [0.717, 1.165) is 5.75 Å². The van der Waals surface area contributed by atoms with E-state index in [-0.39, 0.29) is 12.4 Å². The van der Waals surface area contributed by atoms with Crippen molar-refractivity contribution in [2.24, 2.45) is 0 Å². The fraction of sp³-hybridized carbons (Fsp3) is 0.583. The van der Waals surface area contributed by atoms with Gasteiger partial charge < -0.3 is 5.32 Å². The average molecular weight is 293 g/mol. The predicted octanol–water partition coefficient (Wildman–Crippen LogP) is 3.53. The van der Waals surface area contributed by atoms with Crippen LogP contribution < -0.4 is 5.32 Å². The second-order valence-electron chi connectivity index (χ2n) is 4.15. The van der Waals surface area contributed by atoms with Gasteiger partial charge in [-0.15, -0.1) is 12.4 Å². The molecular weight excluding hydrogens is 275 g/mol. The second-order valence-corrected chi connectivity index (χ2v) is 5.57. The fourth-order valence-corrected chi connectivity index (χ4v) is 3.08.